The van der Waals surface area contributed by atoms with E-state index < -0.39 is 5.60 Å². The lowest BCUT2D eigenvalue weighted by Gasteiger charge is -2.39. The highest BCUT2D eigenvalue weighted by Gasteiger charge is 2.34. The third-order valence-electron chi connectivity index (χ3n) is 6.40. The van der Waals surface area contributed by atoms with Crippen LogP contribution in [0.3, 0.4) is 0 Å². The Kier molecular flexibility index (Phi) is 7.95. The standard InChI is InChI=1S/C26H35ClN2O3/c1-21-8-9-24(27)25(16-21)32-20-26(30)10-5-13-29(19-26)18-22-6-4-7-23(17-22)31-15-14-28-11-2-3-12-28/h4,6-9,16-17,30H,2-3,5,10-15,18-20H2,1H3. The normalized spacial score (nSPS) is 22.2. The number of ether oxygens (including phenoxy) is 2. The van der Waals surface area contributed by atoms with Crippen LogP contribution in [0.5, 0.6) is 11.5 Å². The number of hydrogen-bond donors (Lipinski definition) is 1. The van der Waals surface area contributed by atoms with Crippen molar-refractivity contribution < 1.29 is 14.6 Å². The van der Waals surface area contributed by atoms with Crippen LogP contribution < -0.4 is 9.47 Å². The molecule has 1 unspecified atom stereocenters. The minimum atomic E-state index is -0.880. The summed E-state index contributed by atoms with van der Waals surface area (Å²) in [6.45, 7) is 8.69. The Bertz CT molecular complexity index is 887. The van der Waals surface area contributed by atoms with Gasteiger partial charge in [-0.25, -0.2) is 0 Å². The summed E-state index contributed by atoms with van der Waals surface area (Å²) in [7, 11) is 0. The third-order valence-corrected chi connectivity index (χ3v) is 6.71. The molecule has 0 radical (unpaired) electrons. The first-order valence-electron chi connectivity index (χ1n) is 11.8. The van der Waals surface area contributed by atoms with E-state index in [2.05, 4.69) is 28.0 Å². The molecule has 2 aliphatic heterocycles. The predicted octanol–water partition coefficient (Wildman–Crippen LogP) is 4.53. The van der Waals surface area contributed by atoms with Gasteiger partial charge in [0, 0.05) is 19.6 Å². The Morgan fingerprint density at radius 2 is 1.81 bits per heavy atom. The van der Waals surface area contributed by atoms with Crippen molar-refractivity contribution >= 4 is 11.6 Å². The second-order valence-electron chi connectivity index (χ2n) is 9.31. The maximum absolute atomic E-state index is 11.2. The molecule has 5 nitrogen and oxygen atoms in total. The maximum atomic E-state index is 11.2. The number of benzene rings is 2. The molecule has 0 spiro atoms. The number of likely N-dealkylation sites (tertiary alicyclic amines) is 2. The van der Waals surface area contributed by atoms with E-state index in [1.807, 2.05) is 31.2 Å². The first kappa shape index (κ1) is 23.4. The summed E-state index contributed by atoms with van der Waals surface area (Å²) in [5.41, 5.74) is 1.41. The number of hydrogen-bond acceptors (Lipinski definition) is 5. The van der Waals surface area contributed by atoms with Crippen molar-refractivity contribution in [2.45, 2.75) is 44.8 Å². The van der Waals surface area contributed by atoms with Crippen molar-refractivity contribution in [3.63, 3.8) is 0 Å². The zero-order valence-corrected chi connectivity index (χ0v) is 19.8. The van der Waals surface area contributed by atoms with E-state index in [0.29, 0.717) is 17.3 Å². The number of nitrogens with zero attached hydrogens (tertiary/aromatic N) is 2. The van der Waals surface area contributed by atoms with Gasteiger partial charge in [0.05, 0.1) is 5.02 Å². The van der Waals surface area contributed by atoms with Crippen molar-refractivity contribution in [3.8, 4) is 11.5 Å². The third kappa shape index (κ3) is 6.61. The molecule has 0 amide bonds. The van der Waals surface area contributed by atoms with Gasteiger partial charge in [0.1, 0.15) is 30.3 Å². The van der Waals surface area contributed by atoms with Crippen LogP contribution in [0.15, 0.2) is 42.5 Å². The van der Waals surface area contributed by atoms with Gasteiger partial charge in [0.2, 0.25) is 0 Å². The Morgan fingerprint density at radius 1 is 1.00 bits per heavy atom. The molecule has 0 aliphatic carbocycles. The van der Waals surface area contributed by atoms with Crippen LogP contribution in [0, 0.1) is 6.92 Å². The molecule has 2 heterocycles. The second kappa shape index (κ2) is 10.9. The molecular formula is C26H35ClN2O3. The van der Waals surface area contributed by atoms with Gasteiger partial charge in [-0.2, -0.15) is 0 Å². The second-order valence-corrected chi connectivity index (χ2v) is 9.71. The van der Waals surface area contributed by atoms with Crippen molar-refractivity contribution in [2.24, 2.45) is 0 Å². The molecule has 2 aromatic carbocycles. The quantitative estimate of drug-likeness (QED) is 0.598. The summed E-state index contributed by atoms with van der Waals surface area (Å²) in [5.74, 6) is 1.56. The molecule has 0 aromatic heterocycles. The molecule has 1 N–H and O–H groups in total. The molecule has 6 heteroatoms. The number of piperidine rings is 1. The van der Waals surface area contributed by atoms with Crippen LogP contribution in [-0.4, -0.2) is 66.4 Å². The van der Waals surface area contributed by atoms with E-state index >= 15 is 0 Å². The SMILES string of the molecule is Cc1ccc(Cl)c(OCC2(O)CCCN(Cc3cccc(OCCN4CCCC4)c3)C2)c1. The van der Waals surface area contributed by atoms with E-state index in [0.717, 1.165) is 50.4 Å². The van der Waals surface area contributed by atoms with E-state index in [1.54, 1.807) is 0 Å². The number of halogens is 1. The smallest absolute Gasteiger partial charge is 0.138 e. The zero-order chi connectivity index (χ0) is 22.4. The average molecular weight is 459 g/mol. The maximum Gasteiger partial charge on any atom is 0.138 e. The highest BCUT2D eigenvalue weighted by Crippen LogP contribution is 2.29. The molecule has 0 saturated carbocycles. The van der Waals surface area contributed by atoms with Crippen molar-refractivity contribution in [1.29, 1.82) is 0 Å². The summed E-state index contributed by atoms with van der Waals surface area (Å²) in [4.78, 5) is 4.76. The molecular weight excluding hydrogens is 424 g/mol. The van der Waals surface area contributed by atoms with Crippen LogP contribution >= 0.6 is 11.6 Å². The van der Waals surface area contributed by atoms with E-state index in [4.69, 9.17) is 21.1 Å². The summed E-state index contributed by atoms with van der Waals surface area (Å²) in [6, 6.07) is 14.0. The largest absolute Gasteiger partial charge is 0.492 e. The van der Waals surface area contributed by atoms with Crippen LogP contribution in [-0.2, 0) is 6.54 Å². The first-order chi connectivity index (χ1) is 15.5. The predicted molar refractivity (Wildman–Crippen MR) is 129 cm³/mol. The first-order valence-corrected chi connectivity index (χ1v) is 12.1. The van der Waals surface area contributed by atoms with Gasteiger partial charge in [0.25, 0.3) is 0 Å². The van der Waals surface area contributed by atoms with Crippen LogP contribution in [0.4, 0.5) is 0 Å². The summed E-state index contributed by atoms with van der Waals surface area (Å²) in [5, 5.41) is 11.8. The Hall–Kier alpha value is -1.79. The molecule has 2 saturated heterocycles. The average Bonchev–Trinajstić information content (AvgIpc) is 3.28. The summed E-state index contributed by atoms with van der Waals surface area (Å²) in [6.07, 6.45) is 4.28. The zero-order valence-electron chi connectivity index (χ0n) is 19.1. The Labute approximate surface area is 196 Å². The van der Waals surface area contributed by atoms with Gasteiger partial charge >= 0.3 is 0 Å². The number of rotatable bonds is 9. The lowest BCUT2D eigenvalue weighted by atomic mass is 9.93. The van der Waals surface area contributed by atoms with Crippen LogP contribution in [0.2, 0.25) is 5.02 Å². The Morgan fingerprint density at radius 3 is 2.66 bits per heavy atom. The molecule has 4 rings (SSSR count). The van der Waals surface area contributed by atoms with E-state index in [1.165, 1.54) is 31.5 Å². The van der Waals surface area contributed by atoms with Gasteiger partial charge in [-0.1, -0.05) is 29.8 Å². The van der Waals surface area contributed by atoms with Gasteiger partial charge < -0.3 is 14.6 Å². The van der Waals surface area contributed by atoms with Crippen molar-refractivity contribution in [2.75, 3.05) is 45.9 Å². The number of β-amino-alcohol motifs (C(OH)–C–C–N with tert-alkyl or cyclic N) is 1. The highest BCUT2D eigenvalue weighted by molar-refractivity contribution is 6.32. The van der Waals surface area contributed by atoms with Crippen molar-refractivity contribution in [3.05, 3.63) is 58.6 Å². The minimum absolute atomic E-state index is 0.242. The molecule has 174 valence electrons. The van der Waals surface area contributed by atoms with Crippen LogP contribution in [0.1, 0.15) is 36.8 Å². The van der Waals surface area contributed by atoms with E-state index in [9.17, 15) is 5.11 Å². The minimum Gasteiger partial charge on any atom is -0.492 e. The fourth-order valence-corrected chi connectivity index (χ4v) is 4.85. The van der Waals surface area contributed by atoms with E-state index in [-0.39, 0.29) is 6.61 Å². The summed E-state index contributed by atoms with van der Waals surface area (Å²) >= 11 is 6.25. The lowest BCUT2D eigenvalue weighted by Crippen LogP contribution is -2.51. The number of aliphatic hydroxyl groups is 1. The monoisotopic (exact) mass is 458 g/mol. The molecule has 32 heavy (non-hydrogen) atoms. The van der Waals surface area contributed by atoms with Gasteiger partial charge in [0.15, 0.2) is 0 Å². The summed E-state index contributed by atoms with van der Waals surface area (Å²) < 4.78 is 11.9. The topological polar surface area (TPSA) is 45.2 Å². The molecule has 2 aromatic rings. The number of aryl methyl sites for hydroxylation is 1. The van der Waals surface area contributed by atoms with Gasteiger partial charge in [-0.05, 0) is 87.6 Å². The van der Waals surface area contributed by atoms with Gasteiger partial charge in [-0.3, -0.25) is 9.80 Å². The van der Waals surface area contributed by atoms with Crippen molar-refractivity contribution in [1.82, 2.24) is 9.80 Å². The molecule has 1 atom stereocenters. The molecule has 2 aliphatic rings. The highest BCUT2D eigenvalue weighted by atomic mass is 35.5. The fourth-order valence-electron chi connectivity index (χ4n) is 4.68. The molecule has 2 fully saturated rings. The van der Waals surface area contributed by atoms with Crippen LogP contribution in [0.25, 0.3) is 0 Å². The fraction of sp³-hybridized carbons (Fsp3) is 0.538. The van der Waals surface area contributed by atoms with Gasteiger partial charge in [-0.15, -0.1) is 0 Å². The lowest BCUT2D eigenvalue weighted by molar-refractivity contribution is -0.0621. The molecule has 0 bridgehead atoms. The Balaban J connectivity index is 1.28.